The number of ether oxygens (including phenoxy) is 2. The summed E-state index contributed by atoms with van der Waals surface area (Å²) < 4.78 is 16.1. The molecular formula is C24H34N4O4. The molecule has 0 unspecified atom stereocenters. The monoisotopic (exact) mass is 442 g/mol. The van der Waals surface area contributed by atoms with Gasteiger partial charge in [0.1, 0.15) is 0 Å². The Morgan fingerprint density at radius 1 is 1.16 bits per heavy atom. The van der Waals surface area contributed by atoms with E-state index < -0.39 is 0 Å². The van der Waals surface area contributed by atoms with Gasteiger partial charge < -0.3 is 18.9 Å². The van der Waals surface area contributed by atoms with Gasteiger partial charge >= 0.3 is 0 Å². The number of carbonyl (C=O) groups is 1. The molecule has 1 amide bonds. The average Bonchev–Trinajstić information content (AvgIpc) is 3.26. The molecule has 0 aliphatic carbocycles. The lowest BCUT2D eigenvalue weighted by Crippen LogP contribution is -2.48. The smallest absolute Gasteiger partial charge is 0.241 e. The topological polar surface area (TPSA) is 80.9 Å². The van der Waals surface area contributed by atoms with Crippen molar-refractivity contribution < 1.29 is 18.8 Å². The number of aromatic nitrogens is 2. The Kier molecular flexibility index (Phi) is 6.69. The zero-order valence-electron chi connectivity index (χ0n) is 19.6. The Labute approximate surface area is 189 Å². The summed E-state index contributed by atoms with van der Waals surface area (Å²) in [4.78, 5) is 22.0. The summed E-state index contributed by atoms with van der Waals surface area (Å²) in [5.41, 5.74) is 1.05. The Morgan fingerprint density at radius 3 is 2.59 bits per heavy atom. The summed E-state index contributed by atoms with van der Waals surface area (Å²) in [7, 11) is 3.21. The van der Waals surface area contributed by atoms with Gasteiger partial charge in [-0.1, -0.05) is 19.0 Å². The first-order valence-corrected chi connectivity index (χ1v) is 11.4. The van der Waals surface area contributed by atoms with E-state index in [2.05, 4.69) is 33.8 Å². The standard InChI is InChI=1S/C24H34N4O4/c1-24(2)10-5-11-28(16-24)23(29)17-8-12-27(13-9-17)15-21-25-22(26-32-21)18-6-7-19(30-3)20(14-18)31-4/h6-7,14,17H,5,8-13,15-16H2,1-4H3. The summed E-state index contributed by atoms with van der Waals surface area (Å²) in [6.45, 7) is 8.63. The average molecular weight is 443 g/mol. The van der Waals surface area contributed by atoms with Crippen molar-refractivity contribution in [2.24, 2.45) is 11.3 Å². The van der Waals surface area contributed by atoms with Crippen LogP contribution in [-0.2, 0) is 11.3 Å². The Hall–Kier alpha value is -2.61. The van der Waals surface area contributed by atoms with Gasteiger partial charge in [0.15, 0.2) is 11.5 Å². The minimum atomic E-state index is 0.130. The van der Waals surface area contributed by atoms with Crippen LogP contribution < -0.4 is 9.47 Å². The van der Waals surface area contributed by atoms with E-state index in [1.807, 2.05) is 18.2 Å². The van der Waals surface area contributed by atoms with E-state index in [9.17, 15) is 4.79 Å². The van der Waals surface area contributed by atoms with Gasteiger partial charge in [0.05, 0.1) is 20.8 Å². The van der Waals surface area contributed by atoms with Crippen LogP contribution in [0.4, 0.5) is 0 Å². The van der Waals surface area contributed by atoms with Crippen LogP contribution in [-0.4, -0.2) is 66.2 Å². The fourth-order valence-corrected chi connectivity index (χ4v) is 4.81. The van der Waals surface area contributed by atoms with Crippen molar-refractivity contribution in [2.45, 2.75) is 46.1 Å². The molecule has 2 saturated heterocycles. The molecule has 0 bridgehead atoms. The van der Waals surface area contributed by atoms with Gasteiger partial charge in [-0.15, -0.1) is 0 Å². The van der Waals surface area contributed by atoms with Gasteiger partial charge in [-0.3, -0.25) is 9.69 Å². The lowest BCUT2D eigenvalue weighted by atomic mass is 9.83. The zero-order valence-corrected chi connectivity index (χ0v) is 19.6. The fourth-order valence-electron chi connectivity index (χ4n) is 4.81. The molecule has 8 heteroatoms. The summed E-state index contributed by atoms with van der Waals surface area (Å²) in [5, 5.41) is 4.13. The molecule has 2 aliphatic rings. The number of piperidine rings is 2. The number of amides is 1. The molecule has 2 aliphatic heterocycles. The van der Waals surface area contributed by atoms with Crippen LogP contribution in [0.25, 0.3) is 11.4 Å². The molecule has 0 atom stereocenters. The number of hydrogen-bond donors (Lipinski definition) is 0. The van der Waals surface area contributed by atoms with Crippen LogP contribution in [0.1, 0.15) is 45.4 Å². The van der Waals surface area contributed by atoms with Crippen LogP contribution in [0, 0.1) is 11.3 Å². The van der Waals surface area contributed by atoms with Crippen LogP contribution in [0.5, 0.6) is 11.5 Å². The van der Waals surface area contributed by atoms with E-state index in [-0.39, 0.29) is 11.3 Å². The molecule has 2 aromatic rings. The van der Waals surface area contributed by atoms with Crippen LogP contribution in [0.2, 0.25) is 0 Å². The normalized spacial score (nSPS) is 19.7. The second-order valence-corrected chi connectivity index (χ2v) is 9.66. The first kappa shape index (κ1) is 22.6. The molecule has 0 N–H and O–H groups in total. The number of nitrogens with zero attached hydrogens (tertiary/aromatic N) is 4. The van der Waals surface area contributed by atoms with E-state index in [0.29, 0.717) is 35.7 Å². The minimum Gasteiger partial charge on any atom is -0.493 e. The first-order chi connectivity index (χ1) is 15.4. The van der Waals surface area contributed by atoms with E-state index in [1.54, 1.807) is 14.2 Å². The van der Waals surface area contributed by atoms with Gasteiger partial charge in [0.2, 0.25) is 17.6 Å². The number of carbonyl (C=O) groups excluding carboxylic acids is 1. The second kappa shape index (κ2) is 9.48. The molecule has 0 radical (unpaired) electrons. The summed E-state index contributed by atoms with van der Waals surface area (Å²) in [6.07, 6.45) is 4.07. The van der Waals surface area contributed by atoms with E-state index in [4.69, 9.17) is 14.0 Å². The maximum Gasteiger partial charge on any atom is 0.241 e. The molecule has 8 nitrogen and oxygen atoms in total. The number of hydrogen-bond acceptors (Lipinski definition) is 7. The predicted octanol–water partition coefficient (Wildman–Crippen LogP) is 3.61. The molecule has 3 heterocycles. The fraction of sp³-hybridized carbons (Fsp3) is 0.625. The SMILES string of the molecule is COc1ccc(-c2noc(CN3CCC(C(=O)N4CCCC(C)(C)C4)CC3)n2)cc1OC. The largest absolute Gasteiger partial charge is 0.493 e. The molecular weight excluding hydrogens is 408 g/mol. The number of rotatable bonds is 6. The lowest BCUT2D eigenvalue weighted by Gasteiger charge is -2.41. The maximum absolute atomic E-state index is 13.0. The Balaban J connectivity index is 1.31. The number of methoxy groups -OCH3 is 2. The quantitative estimate of drug-likeness (QED) is 0.676. The summed E-state index contributed by atoms with van der Waals surface area (Å²) >= 11 is 0. The molecule has 32 heavy (non-hydrogen) atoms. The highest BCUT2D eigenvalue weighted by atomic mass is 16.5. The van der Waals surface area contributed by atoms with Crippen molar-refractivity contribution in [3.05, 3.63) is 24.1 Å². The van der Waals surface area contributed by atoms with Gasteiger partial charge in [0.25, 0.3) is 0 Å². The lowest BCUT2D eigenvalue weighted by molar-refractivity contribution is -0.140. The second-order valence-electron chi connectivity index (χ2n) is 9.66. The maximum atomic E-state index is 13.0. The van der Waals surface area contributed by atoms with Crippen LogP contribution in [0.15, 0.2) is 22.7 Å². The number of benzene rings is 1. The summed E-state index contributed by atoms with van der Waals surface area (Å²) in [5.74, 6) is 2.86. The molecule has 0 saturated carbocycles. The highest BCUT2D eigenvalue weighted by Gasteiger charge is 2.34. The van der Waals surface area contributed by atoms with Crippen LogP contribution >= 0.6 is 0 Å². The Morgan fingerprint density at radius 2 is 1.91 bits per heavy atom. The van der Waals surface area contributed by atoms with E-state index >= 15 is 0 Å². The van der Waals surface area contributed by atoms with E-state index in [0.717, 1.165) is 51.0 Å². The molecule has 0 spiro atoms. The van der Waals surface area contributed by atoms with Crippen LogP contribution in [0.3, 0.4) is 0 Å². The van der Waals surface area contributed by atoms with Crippen molar-refractivity contribution in [3.8, 4) is 22.9 Å². The zero-order chi connectivity index (χ0) is 22.7. The third-order valence-electron chi connectivity index (χ3n) is 6.62. The molecule has 4 rings (SSSR count). The molecule has 1 aromatic heterocycles. The minimum absolute atomic E-state index is 0.130. The molecule has 2 fully saturated rings. The van der Waals surface area contributed by atoms with Crippen molar-refractivity contribution in [3.63, 3.8) is 0 Å². The van der Waals surface area contributed by atoms with Gasteiger partial charge in [-0.05, 0) is 62.4 Å². The number of likely N-dealkylation sites (tertiary alicyclic amines) is 2. The van der Waals surface area contributed by atoms with Crippen molar-refractivity contribution >= 4 is 5.91 Å². The third-order valence-corrected chi connectivity index (χ3v) is 6.62. The highest BCUT2D eigenvalue weighted by molar-refractivity contribution is 5.79. The van der Waals surface area contributed by atoms with Crippen molar-refractivity contribution in [1.29, 1.82) is 0 Å². The van der Waals surface area contributed by atoms with Gasteiger partial charge in [-0.2, -0.15) is 4.98 Å². The Bertz CT molecular complexity index is 934. The van der Waals surface area contributed by atoms with E-state index in [1.165, 1.54) is 6.42 Å². The van der Waals surface area contributed by atoms with Crippen molar-refractivity contribution in [2.75, 3.05) is 40.4 Å². The highest BCUT2D eigenvalue weighted by Crippen LogP contribution is 2.32. The van der Waals surface area contributed by atoms with Gasteiger partial charge in [0, 0.05) is 24.6 Å². The van der Waals surface area contributed by atoms with Gasteiger partial charge in [-0.25, -0.2) is 0 Å². The third kappa shape index (κ3) is 5.06. The molecule has 1 aromatic carbocycles. The summed E-state index contributed by atoms with van der Waals surface area (Å²) in [6, 6.07) is 5.55. The van der Waals surface area contributed by atoms with Crippen molar-refractivity contribution in [1.82, 2.24) is 19.9 Å². The first-order valence-electron chi connectivity index (χ1n) is 11.4. The molecule has 174 valence electrons. The predicted molar refractivity (Wildman–Crippen MR) is 120 cm³/mol.